The Bertz CT molecular complexity index is 3230. The molecule has 0 heterocycles. The van der Waals surface area contributed by atoms with E-state index in [4.69, 9.17) is 0 Å². The molecular weight excluding hydrogens is 747 g/mol. The van der Waals surface area contributed by atoms with Gasteiger partial charge in [-0.3, -0.25) is 0 Å². The molecule has 2 aliphatic rings. The maximum absolute atomic E-state index is 2.50. The summed E-state index contributed by atoms with van der Waals surface area (Å²) in [5, 5.41) is 0. The summed E-state index contributed by atoms with van der Waals surface area (Å²) in [6.07, 6.45) is 0. The van der Waals surface area contributed by atoms with Crippen LogP contribution in [0.5, 0.6) is 0 Å². The van der Waals surface area contributed by atoms with E-state index in [1.807, 2.05) is 0 Å². The smallest absolute Gasteiger partial charge is 0.0726 e. The van der Waals surface area contributed by atoms with Gasteiger partial charge in [-0.05, 0) is 114 Å². The van der Waals surface area contributed by atoms with Crippen molar-refractivity contribution in [3.8, 4) is 66.8 Å². The van der Waals surface area contributed by atoms with Crippen molar-refractivity contribution in [1.29, 1.82) is 0 Å². The molecule has 0 unspecified atom stereocenters. The minimum atomic E-state index is -0.446. The average Bonchev–Trinajstić information content (AvgIpc) is 3.83. The third-order valence-corrected chi connectivity index (χ3v) is 13.1. The van der Waals surface area contributed by atoms with Crippen molar-refractivity contribution in [3.63, 3.8) is 0 Å². The predicted octanol–water partition coefficient (Wildman–Crippen LogP) is 16.2. The maximum atomic E-state index is 2.50. The largest absolute Gasteiger partial charge is 0.310 e. The van der Waals surface area contributed by atoms with Gasteiger partial charge in [0.05, 0.1) is 11.1 Å². The summed E-state index contributed by atoms with van der Waals surface area (Å²) in [7, 11) is 0. The van der Waals surface area contributed by atoms with Gasteiger partial charge in [-0.25, -0.2) is 0 Å². The Morgan fingerprint density at radius 1 is 0.242 bits per heavy atom. The lowest BCUT2D eigenvalue weighted by Gasteiger charge is -2.32. The fourth-order valence-electron chi connectivity index (χ4n) is 10.5. The first-order chi connectivity index (χ1) is 30.8. The van der Waals surface area contributed by atoms with Crippen molar-refractivity contribution < 1.29 is 0 Å². The Balaban J connectivity index is 1.11. The summed E-state index contributed by atoms with van der Waals surface area (Å²) < 4.78 is 0. The Morgan fingerprint density at radius 3 is 1.18 bits per heavy atom. The van der Waals surface area contributed by atoms with Crippen LogP contribution in [0.1, 0.15) is 22.3 Å². The molecule has 1 spiro atoms. The van der Waals surface area contributed by atoms with Crippen LogP contribution in [0, 0.1) is 0 Å². The van der Waals surface area contributed by atoms with Gasteiger partial charge in [0.1, 0.15) is 0 Å². The maximum Gasteiger partial charge on any atom is 0.0726 e. The third kappa shape index (κ3) is 5.49. The Morgan fingerprint density at radius 2 is 0.629 bits per heavy atom. The van der Waals surface area contributed by atoms with E-state index in [0.29, 0.717) is 0 Å². The normalized spacial score (nSPS) is 12.6. The average molecular weight is 788 g/mol. The van der Waals surface area contributed by atoms with Crippen molar-refractivity contribution in [2.24, 2.45) is 0 Å². The van der Waals surface area contributed by atoms with Gasteiger partial charge in [0.2, 0.25) is 0 Å². The molecule has 1 heteroatoms. The molecule has 10 aromatic carbocycles. The molecule has 1 nitrogen and oxygen atoms in total. The molecule has 12 rings (SSSR count). The molecule has 10 aromatic rings. The van der Waals surface area contributed by atoms with Gasteiger partial charge in [-0.1, -0.05) is 218 Å². The quantitative estimate of drug-likeness (QED) is 0.155. The summed E-state index contributed by atoms with van der Waals surface area (Å²) in [6, 6.07) is 91.4. The summed E-state index contributed by atoms with van der Waals surface area (Å²) in [6.45, 7) is 0. The fourth-order valence-corrected chi connectivity index (χ4v) is 10.5. The minimum Gasteiger partial charge on any atom is -0.310 e. The van der Waals surface area contributed by atoms with Crippen LogP contribution in [0.25, 0.3) is 66.8 Å². The van der Waals surface area contributed by atoms with Gasteiger partial charge in [0.15, 0.2) is 0 Å². The number of benzene rings is 10. The van der Waals surface area contributed by atoms with E-state index in [9.17, 15) is 0 Å². The van der Waals surface area contributed by atoms with Crippen LogP contribution in [0.15, 0.2) is 249 Å². The van der Waals surface area contributed by atoms with Crippen LogP contribution in [0.3, 0.4) is 0 Å². The molecule has 0 aromatic heterocycles. The van der Waals surface area contributed by atoms with E-state index in [0.717, 1.165) is 17.1 Å². The van der Waals surface area contributed by atoms with E-state index >= 15 is 0 Å². The Labute approximate surface area is 363 Å². The van der Waals surface area contributed by atoms with Crippen LogP contribution in [0.4, 0.5) is 17.1 Å². The molecule has 0 N–H and O–H groups in total. The van der Waals surface area contributed by atoms with Crippen molar-refractivity contribution in [3.05, 3.63) is 271 Å². The number of hydrogen-bond donors (Lipinski definition) is 0. The van der Waals surface area contributed by atoms with Crippen LogP contribution in [-0.4, -0.2) is 0 Å². The number of fused-ring (bicyclic) bond motifs is 10. The highest BCUT2D eigenvalue weighted by Crippen LogP contribution is 2.64. The molecule has 0 atom stereocenters. The zero-order chi connectivity index (χ0) is 41.0. The van der Waals surface area contributed by atoms with Gasteiger partial charge < -0.3 is 4.90 Å². The molecule has 0 bridgehead atoms. The molecule has 0 fully saturated rings. The van der Waals surface area contributed by atoms with Gasteiger partial charge >= 0.3 is 0 Å². The first kappa shape index (κ1) is 35.9. The van der Waals surface area contributed by atoms with Crippen molar-refractivity contribution in [1.82, 2.24) is 0 Å². The minimum absolute atomic E-state index is 0.446. The van der Waals surface area contributed by atoms with Gasteiger partial charge in [0.25, 0.3) is 0 Å². The topological polar surface area (TPSA) is 3.24 Å². The molecule has 0 saturated carbocycles. The molecule has 290 valence electrons. The lowest BCUT2D eigenvalue weighted by Crippen LogP contribution is -2.26. The zero-order valence-electron chi connectivity index (χ0n) is 34.1. The lowest BCUT2D eigenvalue weighted by molar-refractivity contribution is 0.794. The second kappa shape index (κ2) is 14.6. The molecule has 0 radical (unpaired) electrons. The van der Waals surface area contributed by atoms with Crippen molar-refractivity contribution in [2.45, 2.75) is 5.41 Å². The van der Waals surface area contributed by atoms with Gasteiger partial charge in [-0.15, -0.1) is 0 Å². The number of nitrogens with zero attached hydrogens (tertiary/aromatic N) is 1. The van der Waals surface area contributed by atoms with E-state index in [1.165, 1.54) is 89.0 Å². The van der Waals surface area contributed by atoms with Gasteiger partial charge in [-0.2, -0.15) is 0 Å². The second-order valence-corrected chi connectivity index (χ2v) is 16.3. The Kier molecular flexibility index (Phi) is 8.47. The number of hydrogen-bond acceptors (Lipinski definition) is 1. The monoisotopic (exact) mass is 787 g/mol. The van der Waals surface area contributed by atoms with Crippen molar-refractivity contribution >= 4 is 17.1 Å². The number of rotatable bonds is 7. The van der Waals surface area contributed by atoms with Gasteiger partial charge in [0, 0.05) is 16.9 Å². The van der Waals surface area contributed by atoms with Crippen LogP contribution < -0.4 is 4.90 Å². The lowest BCUT2D eigenvalue weighted by atomic mass is 9.70. The summed E-state index contributed by atoms with van der Waals surface area (Å²) in [5.41, 5.74) is 23.0. The highest BCUT2D eigenvalue weighted by molar-refractivity contribution is 6.02. The molecular formula is C61H41N. The van der Waals surface area contributed by atoms with Crippen LogP contribution in [0.2, 0.25) is 0 Å². The molecule has 0 aliphatic heterocycles. The Hall–Kier alpha value is -8.00. The molecule has 62 heavy (non-hydrogen) atoms. The SMILES string of the molecule is c1ccc(-c2ccccc2-c2ccc(N(c3ccc(-c4ccccc4)c(-c4ccccc4)c3)c3cccc4c3-c3ccccc3C43c4ccccc4-c4ccccc43)cc2)cc1. The predicted molar refractivity (Wildman–Crippen MR) is 259 cm³/mol. The van der Waals surface area contributed by atoms with Crippen LogP contribution >= 0.6 is 0 Å². The second-order valence-electron chi connectivity index (χ2n) is 16.3. The van der Waals surface area contributed by atoms with E-state index in [2.05, 4.69) is 254 Å². The standard InChI is InChI=1S/C61H41N/c1-4-19-42(20-5-1)48-25-10-11-26-49(48)45-35-37-46(38-36-45)62(47-39-40-50(43-21-6-2-7-22-43)54(41-47)44-23-8-3-9-24-44)59-34-18-33-58-60(59)53-29-14-17-32-57(53)61(58)55-30-15-12-27-51(55)52-28-13-16-31-56(52)61/h1-41H. The summed E-state index contributed by atoms with van der Waals surface area (Å²) in [5.74, 6) is 0. The van der Waals surface area contributed by atoms with E-state index in [-0.39, 0.29) is 0 Å². The molecule has 2 aliphatic carbocycles. The number of anilines is 3. The summed E-state index contributed by atoms with van der Waals surface area (Å²) >= 11 is 0. The highest BCUT2D eigenvalue weighted by atomic mass is 15.1. The zero-order valence-corrected chi connectivity index (χ0v) is 34.1. The molecule has 0 amide bonds. The van der Waals surface area contributed by atoms with Crippen molar-refractivity contribution in [2.75, 3.05) is 4.90 Å². The highest BCUT2D eigenvalue weighted by Gasteiger charge is 2.52. The molecule has 0 saturated heterocycles. The van der Waals surface area contributed by atoms with Crippen LogP contribution in [-0.2, 0) is 5.41 Å². The van der Waals surface area contributed by atoms with E-state index in [1.54, 1.807) is 0 Å². The first-order valence-corrected chi connectivity index (χ1v) is 21.5. The fraction of sp³-hybridized carbons (Fsp3) is 0.0164. The first-order valence-electron chi connectivity index (χ1n) is 21.5. The van der Waals surface area contributed by atoms with E-state index < -0.39 is 5.41 Å². The third-order valence-electron chi connectivity index (χ3n) is 13.1. The summed E-state index contributed by atoms with van der Waals surface area (Å²) in [4.78, 5) is 2.50.